The summed E-state index contributed by atoms with van der Waals surface area (Å²) in [7, 11) is 0. The van der Waals surface area contributed by atoms with Gasteiger partial charge in [-0.2, -0.15) is 5.10 Å². The highest BCUT2D eigenvalue weighted by molar-refractivity contribution is 5.84. The largest absolute Gasteiger partial charge is 0.368 e. The Morgan fingerprint density at radius 2 is 2.35 bits per heavy atom. The van der Waals surface area contributed by atoms with Crippen molar-refractivity contribution in [2.75, 3.05) is 6.61 Å². The lowest BCUT2D eigenvalue weighted by molar-refractivity contribution is -0.130. The minimum atomic E-state index is -0.423. The molecule has 0 aliphatic carbocycles. The molecule has 1 atom stereocenters. The molecule has 5 heteroatoms. The van der Waals surface area contributed by atoms with Crippen LogP contribution in [0.3, 0.4) is 0 Å². The van der Waals surface area contributed by atoms with E-state index in [9.17, 15) is 9.18 Å². The van der Waals surface area contributed by atoms with Crippen molar-refractivity contribution in [3.63, 3.8) is 0 Å². The second kappa shape index (κ2) is 5.54. The van der Waals surface area contributed by atoms with Gasteiger partial charge in [-0.1, -0.05) is 18.2 Å². The van der Waals surface area contributed by atoms with Gasteiger partial charge in [0.2, 0.25) is 0 Å². The zero-order valence-corrected chi connectivity index (χ0v) is 9.23. The van der Waals surface area contributed by atoms with Crippen LogP contribution in [-0.4, -0.2) is 24.8 Å². The highest BCUT2D eigenvalue weighted by Crippen LogP contribution is 2.11. The van der Waals surface area contributed by atoms with Crippen molar-refractivity contribution in [1.82, 2.24) is 5.43 Å². The van der Waals surface area contributed by atoms with Crippen molar-refractivity contribution < 1.29 is 13.9 Å². The van der Waals surface area contributed by atoms with Crippen LogP contribution in [0.25, 0.3) is 0 Å². The summed E-state index contributed by atoms with van der Waals surface area (Å²) < 4.78 is 18.4. The zero-order chi connectivity index (χ0) is 12.1. The molecule has 0 aromatic heterocycles. The van der Waals surface area contributed by atoms with Crippen LogP contribution in [0.2, 0.25) is 0 Å². The van der Waals surface area contributed by atoms with Gasteiger partial charge in [0.1, 0.15) is 11.9 Å². The molecule has 17 heavy (non-hydrogen) atoms. The van der Waals surface area contributed by atoms with Crippen LogP contribution in [0.1, 0.15) is 18.4 Å². The molecule has 1 heterocycles. The average molecular weight is 236 g/mol. The van der Waals surface area contributed by atoms with E-state index in [4.69, 9.17) is 4.74 Å². The molecule has 1 unspecified atom stereocenters. The van der Waals surface area contributed by atoms with Crippen molar-refractivity contribution in [1.29, 1.82) is 0 Å². The Labute approximate surface area is 98.5 Å². The van der Waals surface area contributed by atoms with Crippen LogP contribution in [-0.2, 0) is 9.53 Å². The molecule has 0 bridgehead atoms. The van der Waals surface area contributed by atoms with E-state index in [0.29, 0.717) is 18.6 Å². The first-order valence-corrected chi connectivity index (χ1v) is 5.46. The summed E-state index contributed by atoms with van der Waals surface area (Å²) in [6.45, 7) is 0.606. The SMILES string of the molecule is O=C(NN=Cc1ccccc1F)C1CCCO1. The van der Waals surface area contributed by atoms with E-state index in [2.05, 4.69) is 10.5 Å². The van der Waals surface area contributed by atoms with Crippen molar-refractivity contribution >= 4 is 12.1 Å². The minimum absolute atomic E-state index is 0.282. The summed E-state index contributed by atoms with van der Waals surface area (Å²) in [5, 5.41) is 3.70. The van der Waals surface area contributed by atoms with Crippen LogP contribution in [0.5, 0.6) is 0 Å². The maximum atomic E-state index is 13.2. The second-order valence-electron chi connectivity index (χ2n) is 3.76. The summed E-state index contributed by atoms with van der Waals surface area (Å²) in [5.74, 6) is -0.655. The van der Waals surface area contributed by atoms with Gasteiger partial charge >= 0.3 is 0 Å². The molecule has 2 rings (SSSR count). The van der Waals surface area contributed by atoms with Crippen LogP contribution < -0.4 is 5.43 Å². The third-order valence-corrected chi connectivity index (χ3v) is 2.51. The fourth-order valence-corrected chi connectivity index (χ4v) is 1.60. The van der Waals surface area contributed by atoms with E-state index in [1.54, 1.807) is 18.2 Å². The van der Waals surface area contributed by atoms with Crippen molar-refractivity contribution in [2.24, 2.45) is 5.10 Å². The number of benzene rings is 1. The number of rotatable bonds is 3. The van der Waals surface area contributed by atoms with Gasteiger partial charge in [0.25, 0.3) is 5.91 Å². The normalized spacial score (nSPS) is 19.7. The molecule has 1 saturated heterocycles. The number of nitrogens with one attached hydrogen (secondary N) is 1. The van der Waals surface area contributed by atoms with Gasteiger partial charge in [-0.3, -0.25) is 4.79 Å². The molecule has 1 aliphatic heterocycles. The number of amides is 1. The van der Waals surface area contributed by atoms with Crippen molar-refractivity contribution in [3.05, 3.63) is 35.6 Å². The van der Waals surface area contributed by atoms with Crippen molar-refractivity contribution in [2.45, 2.75) is 18.9 Å². The number of ether oxygens (including phenoxy) is 1. The molecule has 1 fully saturated rings. The lowest BCUT2D eigenvalue weighted by atomic mass is 10.2. The first kappa shape index (κ1) is 11.7. The highest BCUT2D eigenvalue weighted by atomic mass is 19.1. The van der Waals surface area contributed by atoms with Crippen LogP contribution in [0, 0.1) is 5.82 Å². The predicted molar refractivity (Wildman–Crippen MR) is 61.1 cm³/mol. The Hall–Kier alpha value is -1.75. The van der Waals surface area contributed by atoms with E-state index in [-0.39, 0.29) is 11.7 Å². The third kappa shape index (κ3) is 3.10. The molecule has 1 aliphatic rings. The average Bonchev–Trinajstić information content (AvgIpc) is 2.85. The van der Waals surface area contributed by atoms with E-state index < -0.39 is 6.10 Å². The Morgan fingerprint density at radius 1 is 1.53 bits per heavy atom. The standard InChI is InChI=1S/C12H13FN2O2/c13-10-5-2-1-4-9(10)8-14-15-12(16)11-6-3-7-17-11/h1-2,4-5,8,11H,3,6-7H2,(H,15,16). The second-order valence-corrected chi connectivity index (χ2v) is 3.76. The van der Waals surface area contributed by atoms with Gasteiger partial charge in [0.15, 0.2) is 0 Å². The molecule has 1 aromatic rings. The Morgan fingerprint density at radius 3 is 3.06 bits per heavy atom. The topological polar surface area (TPSA) is 50.7 Å². The third-order valence-electron chi connectivity index (χ3n) is 2.51. The monoisotopic (exact) mass is 236 g/mol. The molecule has 0 radical (unpaired) electrons. The Bertz CT molecular complexity index is 428. The smallest absolute Gasteiger partial charge is 0.269 e. The van der Waals surface area contributed by atoms with E-state index in [0.717, 1.165) is 6.42 Å². The minimum Gasteiger partial charge on any atom is -0.368 e. The maximum Gasteiger partial charge on any atom is 0.269 e. The lowest BCUT2D eigenvalue weighted by Crippen LogP contribution is -2.30. The van der Waals surface area contributed by atoms with Crippen LogP contribution in [0.15, 0.2) is 29.4 Å². The summed E-state index contributed by atoms with van der Waals surface area (Å²) in [5.41, 5.74) is 2.67. The number of hydrogen-bond acceptors (Lipinski definition) is 3. The molecular formula is C12H13FN2O2. The molecule has 1 N–H and O–H groups in total. The molecule has 1 amide bonds. The van der Waals surface area contributed by atoms with Gasteiger partial charge in [-0.05, 0) is 18.9 Å². The van der Waals surface area contributed by atoms with Crippen molar-refractivity contribution in [3.8, 4) is 0 Å². The molecule has 4 nitrogen and oxygen atoms in total. The van der Waals surface area contributed by atoms with Crippen LogP contribution in [0.4, 0.5) is 4.39 Å². The lowest BCUT2D eigenvalue weighted by Gasteiger charge is -2.05. The number of hydrazone groups is 1. The van der Waals surface area contributed by atoms with E-state index >= 15 is 0 Å². The maximum absolute atomic E-state index is 13.2. The fraction of sp³-hybridized carbons (Fsp3) is 0.333. The Kier molecular flexibility index (Phi) is 3.82. The van der Waals surface area contributed by atoms with Gasteiger partial charge in [0, 0.05) is 12.2 Å². The first-order valence-electron chi connectivity index (χ1n) is 5.46. The summed E-state index contributed by atoms with van der Waals surface area (Å²) in [4.78, 5) is 11.5. The quantitative estimate of drug-likeness (QED) is 0.638. The van der Waals surface area contributed by atoms with Gasteiger partial charge in [-0.25, -0.2) is 9.82 Å². The van der Waals surface area contributed by atoms with E-state index in [1.807, 2.05) is 0 Å². The Balaban J connectivity index is 1.89. The fourth-order valence-electron chi connectivity index (χ4n) is 1.60. The molecule has 0 spiro atoms. The summed E-state index contributed by atoms with van der Waals surface area (Å²) in [6.07, 6.45) is 2.45. The van der Waals surface area contributed by atoms with Gasteiger partial charge in [0.05, 0.1) is 6.21 Å². The first-order chi connectivity index (χ1) is 8.27. The number of halogens is 1. The zero-order valence-electron chi connectivity index (χ0n) is 9.23. The molecule has 90 valence electrons. The highest BCUT2D eigenvalue weighted by Gasteiger charge is 2.22. The predicted octanol–water partition coefficient (Wildman–Crippen LogP) is 1.45. The molecular weight excluding hydrogens is 223 g/mol. The van der Waals surface area contributed by atoms with Crippen LogP contribution >= 0.6 is 0 Å². The van der Waals surface area contributed by atoms with E-state index in [1.165, 1.54) is 12.3 Å². The summed E-state index contributed by atoms with van der Waals surface area (Å²) >= 11 is 0. The molecule has 1 aromatic carbocycles. The summed E-state index contributed by atoms with van der Waals surface area (Å²) in [6, 6.07) is 6.21. The molecule has 0 saturated carbocycles. The number of hydrogen-bond donors (Lipinski definition) is 1. The van der Waals surface area contributed by atoms with Gasteiger partial charge < -0.3 is 4.74 Å². The number of carbonyl (C=O) groups excluding carboxylic acids is 1. The number of carbonyl (C=O) groups is 1. The van der Waals surface area contributed by atoms with Gasteiger partial charge in [-0.15, -0.1) is 0 Å². The number of nitrogens with zero attached hydrogens (tertiary/aromatic N) is 1.